The minimum absolute atomic E-state index is 0.246. The summed E-state index contributed by atoms with van der Waals surface area (Å²) in [6, 6.07) is 9.11. The van der Waals surface area contributed by atoms with Gasteiger partial charge in [0.2, 0.25) is 0 Å². The van der Waals surface area contributed by atoms with Gasteiger partial charge in [-0.15, -0.1) is 0 Å². The molecular weight excluding hydrogens is 341 g/mol. The minimum Gasteiger partial charge on any atom is -0.382 e. The maximum absolute atomic E-state index is 5.74. The second-order valence-electron chi connectivity index (χ2n) is 5.03. The van der Waals surface area contributed by atoms with Gasteiger partial charge in [-0.3, -0.25) is 0 Å². The van der Waals surface area contributed by atoms with Gasteiger partial charge >= 0.3 is 0 Å². The zero-order valence-corrected chi connectivity index (χ0v) is 12.5. The van der Waals surface area contributed by atoms with E-state index in [1.165, 1.54) is 9.26 Å². The lowest BCUT2D eigenvalue weighted by Gasteiger charge is -2.36. The molecule has 1 aromatic carbocycles. The van der Waals surface area contributed by atoms with Crippen molar-refractivity contribution in [1.82, 2.24) is 0 Å². The van der Waals surface area contributed by atoms with Gasteiger partial charge in [0.1, 0.15) is 0 Å². The lowest BCUT2D eigenvalue weighted by Crippen LogP contribution is -2.39. The predicted octanol–water partition coefficient (Wildman–Crippen LogP) is 3.39. The molecule has 0 unspecified atom stereocenters. The Morgan fingerprint density at radius 1 is 1.06 bits per heavy atom. The van der Waals surface area contributed by atoms with Crippen LogP contribution in [-0.2, 0) is 9.47 Å². The number of hydrogen-bond donors (Lipinski definition) is 1. The highest BCUT2D eigenvalue weighted by Crippen LogP contribution is 2.36. The van der Waals surface area contributed by atoms with Crippen molar-refractivity contribution in [2.75, 3.05) is 18.5 Å². The third-order valence-corrected chi connectivity index (χ3v) is 4.50. The standard InChI is InChI=1S/C14H18INO2/c15-11-1-3-12(4-2-11)16-13-5-7-14(8-6-13)17-9-10-18-14/h1-4,13,16H,5-10H2. The largest absolute Gasteiger partial charge is 0.382 e. The zero-order valence-electron chi connectivity index (χ0n) is 10.3. The van der Waals surface area contributed by atoms with Gasteiger partial charge in [0.15, 0.2) is 5.79 Å². The molecule has 0 aromatic heterocycles. The lowest BCUT2D eigenvalue weighted by molar-refractivity contribution is -0.177. The molecule has 4 heteroatoms. The molecule has 1 saturated carbocycles. The molecule has 1 spiro atoms. The van der Waals surface area contributed by atoms with Crippen LogP contribution < -0.4 is 5.32 Å². The Morgan fingerprint density at radius 3 is 2.28 bits per heavy atom. The van der Waals surface area contributed by atoms with E-state index in [9.17, 15) is 0 Å². The van der Waals surface area contributed by atoms with E-state index in [1.54, 1.807) is 0 Å². The first-order valence-corrected chi connectivity index (χ1v) is 7.64. The van der Waals surface area contributed by atoms with Crippen LogP contribution in [0.25, 0.3) is 0 Å². The summed E-state index contributed by atoms with van der Waals surface area (Å²) in [6.07, 6.45) is 4.25. The number of nitrogens with one attached hydrogen (secondary N) is 1. The normalized spacial score (nSPS) is 23.4. The fourth-order valence-electron chi connectivity index (χ4n) is 2.77. The van der Waals surface area contributed by atoms with Gasteiger partial charge < -0.3 is 14.8 Å². The second kappa shape index (κ2) is 5.35. The van der Waals surface area contributed by atoms with Gasteiger partial charge in [0.05, 0.1) is 13.2 Å². The van der Waals surface area contributed by atoms with E-state index >= 15 is 0 Å². The van der Waals surface area contributed by atoms with Crippen LogP contribution in [0.15, 0.2) is 24.3 Å². The van der Waals surface area contributed by atoms with Crippen LogP contribution in [0.4, 0.5) is 5.69 Å². The van der Waals surface area contributed by atoms with Gasteiger partial charge in [-0.25, -0.2) is 0 Å². The van der Waals surface area contributed by atoms with Crippen molar-refractivity contribution < 1.29 is 9.47 Å². The Hall–Kier alpha value is -0.330. The predicted molar refractivity (Wildman–Crippen MR) is 79.7 cm³/mol. The average molecular weight is 359 g/mol. The molecule has 2 fully saturated rings. The zero-order chi connectivity index (χ0) is 12.4. The lowest BCUT2D eigenvalue weighted by atomic mass is 9.90. The number of anilines is 1. The van der Waals surface area contributed by atoms with Crippen molar-refractivity contribution in [1.29, 1.82) is 0 Å². The number of ether oxygens (including phenoxy) is 2. The molecule has 0 amide bonds. The number of benzene rings is 1. The van der Waals surface area contributed by atoms with E-state index in [4.69, 9.17) is 9.47 Å². The summed E-state index contributed by atoms with van der Waals surface area (Å²) in [6.45, 7) is 1.52. The fourth-order valence-corrected chi connectivity index (χ4v) is 3.13. The minimum atomic E-state index is -0.246. The number of rotatable bonds is 2. The van der Waals surface area contributed by atoms with Gasteiger partial charge in [0, 0.05) is 28.1 Å². The third kappa shape index (κ3) is 2.81. The van der Waals surface area contributed by atoms with E-state index < -0.39 is 0 Å². The summed E-state index contributed by atoms with van der Waals surface area (Å²) in [7, 11) is 0. The van der Waals surface area contributed by atoms with Crippen LogP contribution in [0.2, 0.25) is 0 Å². The van der Waals surface area contributed by atoms with Crippen LogP contribution in [0.5, 0.6) is 0 Å². The van der Waals surface area contributed by atoms with Crippen molar-refractivity contribution in [3.05, 3.63) is 27.8 Å². The topological polar surface area (TPSA) is 30.5 Å². The molecule has 98 valence electrons. The van der Waals surface area contributed by atoms with Gasteiger partial charge in [0.25, 0.3) is 0 Å². The van der Waals surface area contributed by atoms with Crippen molar-refractivity contribution in [2.45, 2.75) is 37.5 Å². The molecular formula is C14H18INO2. The maximum Gasteiger partial charge on any atom is 0.168 e. The molecule has 0 bridgehead atoms. The summed E-state index contributed by atoms with van der Waals surface area (Å²) in [5, 5.41) is 3.60. The van der Waals surface area contributed by atoms with Crippen molar-refractivity contribution in [3.63, 3.8) is 0 Å². The molecule has 0 radical (unpaired) electrons. The van der Waals surface area contributed by atoms with Crippen LogP contribution in [0.3, 0.4) is 0 Å². The van der Waals surface area contributed by atoms with E-state index in [0.29, 0.717) is 6.04 Å². The molecule has 3 rings (SSSR count). The molecule has 1 heterocycles. The van der Waals surface area contributed by atoms with E-state index in [1.807, 2.05) is 0 Å². The summed E-state index contributed by atoms with van der Waals surface area (Å²) >= 11 is 2.33. The summed E-state index contributed by atoms with van der Waals surface area (Å²) in [4.78, 5) is 0. The van der Waals surface area contributed by atoms with Crippen LogP contribution >= 0.6 is 22.6 Å². The monoisotopic (exact) mass is 359 g/mol. The summed E-state index contributed by atoms with van der Waals surface area (Å²) in [5.41, 5.74) is 1.21. The van der Waals surface area contributed by atoms with Gasteiger partial charge in [-0.05, 0) is 59.7 Å². The molecule has 1 aliphatic carbocycles. The molecule has 1 aromatic rings. The number of hydrogen-bond acceptors (Lipinski definition) is 3. The first-order chi connectivity index (χ1) is 8.76. The molecule has 3 nitrogen and oxygen atoms in total. The Balaban J connectivity index is 1.55. The molecule has 18 heavy (non-hydrogen) atoms. The van der Waals surface area contributed by atoms with E-state index in [-0.39, 0.29) is 5.79 Å². The van der Waals surface area contributed by atoms with Gasteiger partial charge in [-0.1, -0.05) is 0 Å². The Labute approximate surface area is 121 Å². The van der Waals surface area contributed by atoms with E-state index in [2.05, 4.69) is 52.2 Å². The quantitative estimate of drug-likeness (QED) is 0.822. The summed E-state index contributed by atoms with van der Waals surface area (Å²) in [5.74, 6) is -0.246. The highest BCUT2D eigenvalue weighted by molar-refractivity contribution is 14.1. The first kappa shape index (κ1) is 12.7. The smallest absolute Gasteiger partial charge is 0.168 e. The Bertz CT molecular complexity index is 391. The first-order valence-electron chi connectivity index (χ1n) is 6.56. The van der Waals surface area contributed by atoms with Crippen molar-refractivity contribution in [3.8, 4) is 0 Å². The third-order valence-electron chi connectivity index (χ3n) is 3.78. The van der Waals surface area contributed by atoms with Crippen LogP contribution in [0, 0.1) is 3.57 Å². The fraction of sp³-hybridized carbons (Fsp3) is 0.571. The molecule has 2 aliphatic rings. The van der Waals surface area contributed by atoms with E-state index in [0.717, 1.165) is 38.9 Å². The maximum atomic E-state index is 5.74. The second-order valence-corrected chi connectivity index (χ2v) is 6.28. The Morgan fingerprint density at radius 2 is 1.67 bits per heavy atom. The molecule has 1 N–H and O–H groups in total. The average Bonchev–Trinajstić information content (AvgIpc) is 2.84. The van der Waals surface area contributed by atoms with Crippen LogP contribution in [-0.4, -0.2) is 25.0 Å². The number of halogens is 1. The van der Waals surface area contributed by atoms with Crippen LogP contribution in [0.1, 0.15) is 25.7 Å². The highest BCUT2D eigenvalue weighted by Gasteiger charge is 2.40. The SMILES string of the molecule is Ic1ccc(NC2CCC3(CC2)OCCO3)cc1. The van der Waals surface area contributed by atoms with Crippen molar-refractivity contribution >= 4 is 28.3 Å². The summed E-state index contributed by atoms with van der Waals surface area (Å²) < 4.78 is 12.8. The molecule has 1 saturated heterocycles. The highest BCUT2D eigenvalue weighted by atomic mass is 127. The van der Waals surface area contributed by atoms with Gasteiger partial charge in [-0.2, -0.15) is 0 Å². The van der Waals surface area contributed by atoms with Crippen molar-refractivity contribution in [2.24, 2.45) is 0 Å². The molecule has 0 atom stereocenters. The Kier molecular flexibility index (Phi) is 3.77. The molecule has 1 aliphatic heterocycles.